The Morgan fingerprint density at radius 2 is 1.86 bits per heavy atom. The van der Waals surface area contributed by atoms with Crippen molar-refractivity contribution in [2.75, 3.05) is 26.8 Å². The first kappa shape index (κ1) is 18.5. The first-order valence-electron chi connectivity index (χ1n) is 9.44. The van der Waals surface area contributed by atoms with Crippen LogP contribution in [-0.2, 0) is 13.6 Å². The number of benzene rings is 2. The van der Waals surface area contributed by atoms with Gasteiger partial charge in [-0.25, -0.2) is 0 Å². The van der Waals surface area contributed by atoms with Gasteiger partial charge in [-0.2, -0.15) is 5.10 Å². The van der Waals surface area contributed by atoms with Gasteiger partial charge in [-0.15, -0.1) is 0 Å². The second-order valence-corrected chi connectivity index (χ2v) is 7.16. The van der Waals surface area contributed by atoms with Crippen molar-refractivity contribution in [3.8, 4) is 22.8 Å². The third kappa shape index (κ3) is 4.03. The van der Waals surface area contributed by atoms with Crippen molar-refractivity contribution in [2.45, 2.75) is 12.6 Å². The van der Waals surface area contributed by atoms with Crippen molar-refractivity contribution in [1.82, 2.24) is 14.7 Å². The Labute approximate surface area is 164 Å². The van der Waals surface area contributed by atoms with Crippen LogP contribution in [0.15, 0.2) is 54.7 Å². The zero-order valence-electron chi connectivity index (χ0n) is 16.2. The lowest BCUT2D eigenvalue weighted by molar-refractivity contribution is 0.124. The standard InChI is InChI=1S/C22H25N3O3/c1-24(15-19(26)16-6-4-3-5-7-16)13-18-14-25(2)23-22(18)17-8-9-20-21(12-17)28-11-10-27-20/h3-9,12,14,19,26H,10-11,13,15H2,1-2H3/t19-/m1/s1. The minimum Gasteiger partial charge on any atom is -0.486 e. The van der Waals surface area contributed by atoms with Gasteiger partial charge < -0.3 is 14.6 Å². The van der Waals surface area contributed by atoms with Gasteiger partial charge in [0.05, 0.1) is 11.8 Å². The summed E-state index contributed by atoms with van der Waals surface area (Å²) < 4.78 is 13.1. The minimum absolute atomic E-state index is 0.527. The third-order valence-corrected chi connectivity index (χ3v) is 4.83. The minimum atomic E-state index is -0.527. The van der Waals surface area contributed by atoms with Gasteiger partial charge in [0.1, 0.15) is 13.2 Å². The van der Waals surface area contributed by atoms with Gasteiger partial charge in [0, 0.05) is 37.5 Å². The maximum atomic E-state index is 10.5. The lowest BCUT2D eigenvalue weighted by atomic mass is 10.1. The van der Waals surface area contributed by atoms with Crippen LogP contribution in [0.3, 0.4) is 0 Å². The van der Waals surface area contributed by atoms with E-state index in [9.17, 15) is 5.11 Å². The number of likely N-dealkylation sites (N-methyl/N-ethyl adjacent to an activating group) is 1. The number of hydrogen-bond acceptors (Lipinski definition) is 5. The molecular weight excluding hydrogens is 354 g/mol. The van der Waals surface area contributed by atoms with Gasteiger partial charge in [0.15, 0.2) is 11.5 Å². The number of rotatable bonds is 6. The van der Waals surface area contributed by atoms with E-state index >= 15 is 0 Å². The maximum Gasteiger partial charge on any atom is 0.162 e. The Morgan fingerprint density at radius 1 is 1.11 bits per heavy atom. The van der Waals surface area contributed by atoms with E-state index in [1.54, 1.807) is 0 Å². The second-order valence-electron chi connectivity index (χ2n) is 7.16. The van der Waals surface area contributed by atoms with E-state index in [0.29, 0.717) is 26.3 Å². The Bertz CT molecular complexity index is 939. The number of ether oxygens (including phenoxy) is 2. The summed E-state index contributed by atoms with van der Waals surface area (Å²) in [4.78, 5) is 2.11. The van der Waals surface area contributed by atoms with Crippen molar-refractivity contribution in [3.63, 3.8) is 0 Å². The van der Waals surface area contributed by atoms with Crippen molar-refractivity contribution < 1.29 is 14.6 Å². The molecule has 0 radical (unpaired) electrons. The van der Waals surface area contributed by atoms with E-state index in [-0.39, 0.29) is 0 Å². The van der Waals surface area contributed by atoms with Crippen molar-refractivity contribution in [2.24, 2.45) is 7.05 Å². The molecule has 1 N–H and O–H groups in total. The lowest BCUT2D eigenvalue weighted by Crippen LogP contribution is -2.24. The van der Waals surface area contributed by atoms with E-state index in [1.165, 1.54) is 0 Å². The molecule has 0 amide bonds. The van der Waals surface area contributed by atoms with Gasteiger partial charge in [-0.3, -0.25) is 9.58 Å². The molecule has 0 bridgehead atoms. The number of nitrogens with zero attached hydrogens (tertiary/aromatic N) is 3. The number of aliphatic hydroxyl groups excluding tert-OH is 1. The van der Waals surface area contributed by atoms with Gasteiger partial charge in [0.2, 0.25) is 0 Å². The molecule has 0 saturated heterocycles. The molecule has 28 heavy (non-hydrogen) atoms. The summed E-state index contributed by atoms with van der Waals surface area (Å²) >= 11 is 0. The molecule has 0 unspecified atom stereocenters. The average molecular weight is 379 g/mol. The smallest absolute Gasteiger partial charge is 0.162 e. The molecule has 0 fully saturated rings. The first-order valence-corrected chi connectivity index (χ1v) is 9.44. The molecule has 1 aliphatic heterocycles. The van der Waals surface area contributed by atoms with Crippen LogP contribution in [0.1, 0.15) is 17.2 Å². The van der Waals surface area contributed by atoms with Gasteiger partial charge in [0.25, 0.3) is 0 Å². The molecule has 1 aromatic heterocycles. The van der Waals surface area contributed by atoms with Crippen LogP contribution in [0.2, 0.25) is 0 Å². The van der Waals surface area contributed by atoms with E-state index in [4.69, 9.17) is 9.47 Å². The van der Waals surface area contributed by atoms with Crippen molar-refractivity contribution in [3.05, 3.63) is 65.9 Å². The van der Waals surface area contributed by atoms with Gasteiger partial charge >= 0.3 is 0 Å². The van der Waals surface area contributed by atoms with E-state index < -0.39 is 6.10 Å². The van der Waals surface area contributed by atoms with Crippen LogP contribution in [0.5, 0.6) is 11.5 Å². The SMILES string of the molecule is CN(Cc1cn(C)nc1-c1ccc2c(c1)OCCO2)C[C@@H](O)c1ccccc1. The molecule has 2 aromatic carbocycles. The predicted octanol–water partition coefficient (Wildman–Crippen LogP) is 3.02. The molecule has 3 aromatic rings. The van der Waals surface area contributed by atoms with Crippen LogP contribution in [0.4, 0.5) is 0 Å². The lowest BCUT2D eigenvalue weighted by Gasteiger charge is -2.21. The summed E-state index contributed by atoms with van der Waals surface area (Å²) in [6.45, 7) is 2.36. The molecule has 146 valence electrons. The highest BCUT2D eigenvalue weighted by Crippen LogP contribution is 2.35. The molecule has 6 nitrogen and oxygen atoms in total. The average Bonchev–Trinajstić information content (AvgIpc) is 3.08. The molecule has 0 aliphatic carbocycles. The normalized spacial score (nSPS) is 14.3. The highest BCUT2D eigenvalue weighted by atomic mass is 16.6. The van der Waals surface area contributed by atoms with E-state index in [1.807, 2.05) is 73.5 Å². The highest BCUT2D eigenvalue weighted by Gasteiger charge is 2.18. The largest absolute Gasteiger partial charge is 0.486 e. The van der Waals surface area contributed by atoms with Gasteiger partial charge in [-0.05, 0) is 30.8 Å². The maximum absolute atomic E-state index is 10.5. The molecule has 4 rings (SSSR count). The van der Waals surface area contributed by atoms with Crippen LogP contribution in [-0.4, -0.2) is 46.6 Å². The fraction of sp³-hybridized carbons (Fsp3) is 0.318. The summed E-state index contributed by atoms with van der Waals surface area (Å²) in [5, 5.41) is 15.2. The molecule has 1 atom stereocenters. The summed E-state index contributed by atoms with van der Waals surface area (Å²) in [5.74, 6) is 1.53. The van der Waals surface area contributed by atoms with E-state index in [2.05, 4.69) is 10.00 Å². The van der Waals surface area contributed by atoms with Crippen LogP contribution >= 0.6 is 0 Å². The second kappa shape index (κ2) is 8.04. The summed E-state index contributed by atoms with van der Waals surface area (Å²) in [7, 11) is 3.93. The Balaban J connectivity index is 1.51. The highest BCUT2D eigenvalue weighted by molar-refractivity contribution is 5.66. The number of aliphatic hydroxyl groups is 1. The molecule has 0 saturated carbocycles. The monoisotopic (exact) mass is 379 g/mol. The topological polar surface area (TPSA) is 59.8 Å². The summed E-state index contributed by atoms with van der Waals surface area (Å²) in [6, 6.07) is 15.7. The quantitative estimate of drug-likeness (QED) is 0.713. The van der Waals surface area contributed by atoms with Crippen LogP contribution in [0.25, 0.3) is 11.3 Å². The Kier molecular flexibility index (Phi) is 5.32. The number of aryl methyl sites for hydroxylation is 1. The predicted molar refractivity (Wildman–Crippen MR) is 107 cm³/mol. The number of hydrogen-bond donors (Lipinski definition) is 1. The first-order chi connectivity index (χ1) is 13.6. The molecule has 6 heteroatoms. The zero-order valence-corrected chi connectivity index (χ0v) is 16.2. The summed E-state index contributed by atoms with van der Waals surface area (Å²) in [6.07, 6.45) is 1.50. The van der Waals surface area contributed by atoms with Crippen molar-refractivity contribution >= 4 is 0 Å². The summed E-state index contributed by atoms with van der Waals surface area (Å²) in [5.41, 5.74) is 3.94. The number of fused-ring (bicyclic) bond motifs is 1. The number of aromatic nitrogens is 2. The molecule has 0 spiro atoms. The Hall–Kier alpha value is -2.83. The van der Waals surface area contributed by atoms with Crippen molar-refractivity contribution in [1.29, 1.82) is 0 Å². The van der Waals surface area contributed by atoms with Crippen LogP contribution < -0.4 is 9.47 Å². The van der Waals surface area contributed by atoms with Crippen LogP contribution in [0, 0.1) is 0 Å². The molecular formula is C22H25N3O3. The Morgan fingerprint density at radius 3 is 2.64 bits per heavy atom. The molecule has 2 heterocycles. The van der Waals surface area contributed by atoms with Gasteiger partial charge in [-0.1, -0.05) is 30.3 Å². The van der Waals surface area contributed by atoms with E-state index in [0.717, 1.165) is 33.9 Å². The third-order valence-electron chi connectivity index (χ3n) is 4.83. The molecule has 1 aliphatic rings. The fourth-order valence-corrected chi connectivity index (χ4v) is 3.52. The fourth-order valence-electron chi connectivity index (χ4n) is 3.52. The zero-order chi connectivity index (χ0) is 19.5.